The van der Waals surface area contributed by atoms with E-state index in [2.05, 4.69) is 5.32 Å². The van der Waals surface area contributed by atoms with Crippen molar-refractivity contribution < 1.29 is 37.7 Å². The fourth-order valence-corrected chi connectivity index (χ4v) is 4.71. The van der Waals surface area contributed by atoms with E-state index in [4.69, 9.17) is 14.6 Å². The number of alkyl carbamates (subject to hydrolysis) is 1. The summed E-state index contributed by atoms with van der Waals surface area (Å²) >= 11 is 0. The number of methoxy groups -OCH3 is 1. The molecule has 10 heteroatoms. The molecule has 1 heterocycles. The summed E-state index contributed by atoms with van der Waals surface area (Å²) in [7, 11) is 1.32. The maximum atomic E-state index is 13.9. The molecule has 2 aromatic carbocycles. The van der Waals surface area contributed by atoms with Crippen molar-refractivity contribution in [3.8, 4) is 11.1 Å². The fraction of sp³-hybridized carbons (Fsp3) is 0.400. The number of hydrogen-bond acceptors (Lipinski definition) is 5. The number of benzene rings is 2. The second kappa shape index (κ2) is 9.99. The number of fused-ring (bicyclic) bond motifs is 3. The molecule has 186 valence electrons. The van der Waals surface area contributed by atoms with E-state index in [9.17, 15) is 23.2 Å². The minimum atomic E-state index is -3.42. The third-order valence-corrected chi connectivity index (χ3v) is 6.50. The first-order chi connectivity index (χ1) is 16.7. The van der Waals surface area contributed by atoms with Gasteiger partial charge in [0.15, 0.2) is 0 Å². The highest BCUT2D eigenvalue weighted by atomic mass is 19.3. The van der Waals surface area contributed by atoms with Crippen molar-refractivity contribution in [2.24, 2.45) is 5.92 Å². The number of carboxylic acid groups (broad SMARTS) is 1. The van der Waals surface area contributed by atoms with Crippen LogP contribution in [0.1, 0.15) is 23.5 Å². The molecule has 1 aliphatic carbocycles. The van der Waals surface area contributed by atoms with Gasteiger partial charge < -0.3 is 24.8 Å². The number of amides is 2. The molecule has 0 radical (unpaired) electrons. The number of aliphatic carboxylic acids is 1. The lowest BCUT2D eigenvalue weighted by Gasteiger charge is -2.37. The molecular weight excluding hydrogens is 462 g/mol. The van der Waals surface area contributed by atoms with E-state index in [-0.39, 0.29) is 25.7 Å². The van der Waals surface area contributed by atoms with Crippen molar-refractivity contribution in [3.63, 3.8) is 0 Å². The average molecular weight is 488 g/mol. The molecule has 1 aliphatic heterocycles. The standard InChI is InChI=1S/C25H26F2N2O6/c1-34-14-21(22(30)29-11-10-25(26,27)20(12-29)23(31)32)28-24(33)35-13-19-17-8-4-2-6-15(17)16-7-3-5-9-18(16)19/h2-9,19-21H,10-14H2,1H3,(H,28,33)(H,31,32). The van der Waals surface area contributed by atoms with Crippen LogP contribution in [0.3, 0.4) is 0 Å². The molecule has 0 bridgehead atoms. The predicted octanol–water partition coefficient (Wildman–Crippen LogP) is 3.11. The molecule has 35 heavy (non-hydrogen) atoms. The maximum absolute atomic E-state index is 13.9. The molecule has 2 N–H and O–H groups in total. The first-order valence-corrected chi connectivity index (χ1v) is 11.2. The molecule has 2 amide bonds. The van der Waals surface area contributed by atoms with E-state index < -0.39 is 48.8 Å². The number of hydrogen-bond donors (Lipinski definition) is 2. The van der Waals surface area contributed by atoms with E-state index in [0.717, 1.165) is 27.2 Å². The van der Waals surface area contributed by atoms with Crippen molar-refractivity contribution in [2.45, 2.75) is 24.3 Å². The summed E-state index contributed by atoms with van der Waals surface area (Å²) in [5.41, 5.74) is 4.19. The molecule has 1 saturated heterocycles. The van der Waals surface area contributed by atoms with Crippen LogP contribution in [0.15, 0.2) is 48.5 Å². The number of rotatable bonds is 7. The van der Waals surface area contributed by atoms with Gasteiger partial charge in [0.25, 0.3) is 5.92 Å². The molecule has 0 spiro atoms. The van der Waals surface area contributed by atoms with Gasteiger partial charge in [-0.2, -0.15) is 0 Å². The molecule has 1 fully saturated rings. The number of carboxylic acids is 1. The van der Waals surface area contributed by atoms with Gasteiger partial charge in [-0.05, 0) is 22.3 Å². The summed E-state index contributed by atoms with van der Waals surface area (Å²) < 4.78 is 38.4. The van der Waals surface area contributed by atoms with Gasteiger partial charge in [0.1, 0.15) is 18.6 Å². The highest BCUT2D eigenvalue weighted by molar-refractivity contribution is 5.87. The third-order valence-electron chi connectivity index (χ3n) is 6.50. The zero-order valence-corrected chi connectivity index (χ0v) is 19.1. The quantitative estimate of drug-likeness (QED) is 0.621. The smallest absolute Gasteiger partial charge is 0.407 e. The monoisotopic (exact) mass is 488 g/mol. The lowest BCUT2D eigenvalue weighted by molar-refractivity contribution is -0.170. The van der Waals surface area contributed by atoms with Gasteiger partial charge in [0.2, 0.25) is 5.91 Å². The summed E-state index contributed by atoms with van der Waals surface area (Å²) in [5, 5.41) is 11.6. The lowest BCUT2D eigenvalue weighted by atomic mass is 9.93. The highest BCUT2D eigenvalue weighted by Crippen LogP contribution is 2.44. The minimum Gasteiger partial charge on any atom is -0.481 e. The Morgan fingerprint density at radius 2 is 1.71 bits per heavy atom. The van der Waals surface area contributed by atoms with Crippen LogP contribution in [0.4, 0.5) is 13.6 Å². The van der Waals surface area contributed by atoms with Gasteiger partial charge in [-0.25, -0.2) is 13.6 Å². The summed E-state index contributed by atoms with van der Waals surface area (Å²) in [4.78, 5) is 37.8. The van der Waals surface area contributed by atoms with Crippen LogP contribution in [-0.2, 0) is 19.1 Å². The van der Waals surface area contributed by atoms with Gasteiger partial charge in [-0.1, -0.05) is 48.5 Å². The largest absolute Gasteiger partial charge is 0.481 e. The van der Waals surface area contributed by atoms with Crippen LogP contribution in [0.5, 0.6) is 0 Å². The van der Waals surface area contributed by atoms with Crippen molar-refractivity contribution in [1.82, 2.24) is 10.2 Å². The molecule has 0 aromatic heterocycles. The van der Waals surface area contributed by atoms with E-state index >= 15 is 0 Å². The first kappa shape index (κ1) is 24.6. The second-order valence-electron chi connectivity index (χ2n) is 8.66. The third kappa shape index (κ3) is 4.97. The van der Waals surface area contributed by atoms with E-state index in [0.29, 0.717) is 0 Å². The summed E-state index contributed by atoms with van der Waals surface area (Å²) in [6.45, 7) is -1.19. The molecule has 2 aliphatic rings. The molecular formula is C25H26F2N2O6. The van der Waals surface area contributed by atoms with Crippen LogP contribution in [-0.4, -0.2) is 73.4 Å². The Labute approximate surface area is 200 Å². The number of carbonyl (C=O) groups excluding carboxylic acids is 2. The van der Waals surface area contributed by atoms with Gasteiger partial charge in [-0.15, -0.1) is 0 Å². The van der Waals surface area contributed by atoms with Gasteiger partial charge in [0, 0.05) is 32.5 Å². The van der Waals surface area contributed by atoms with Crippen LogP contribution in [0.2, 0.25) is 0 Å². The van der Waals surface area contributed by atoms with Crippen LogP contribution >= 0.6 is 0 Å². The maximum Gasteiger partial charge on any atom is 0.407 e. The van der Waals surface area contributed by atoms with Gasteiger partial charge in [-0.3, -0.25) is 9.59 Å². The van der Waals surface area contributed by atoms with Crippen molar-refractivity contribution in [2.75, 3.05) is 33.4 Å². The van der Waals surface area contributed by atoms with Crippen LogP contribution < -0.4 is 5.32 Å². The van der Waals surface area contributed by atoms with Gasteiger partial charge in [0.05, 0.1) is 6.61 Å². The minimum absolute atomic E-state index is 0.0325. The fourth-order valence-electron chi connectivity index (χ4n) is 4.71. The number of likely N-dealkylation sites (tertiary alicyclic amines) is 1. The predicted molar refractivity (Wildman–Crippen MR) is 121 cm³/mol. The average Bonchev–Trinajstić information content (AvgIpc) is 3.15. The summed E-state index contributed by atoms with van der Waals surface area (Å²) in [5.74, 6) is -8.00. The number of ether oxygens (including phenoxy) is 2. The second-order valence-corrected chi connectivity index (χ2v) is 8.66. The Morgan fingerprint density at radius 1 is 1.11 bits per heavy atom. The highest BCUT2D eigenvalue weighted by Gasteiger charge is 2.50. The molecule has 2 atom stereocenters. The molecule has 2 unspecified atom stereocenters. The lowest BCUT2D eigenvalue weighted by Crippen LogP contribution is -2.57. The zero-order valence-electron chi connectivity index (χ0n) is 19.1. The number of nitrogens with zero attached hydrogens (tertiary/aromatic N) is 1. The first-order valence-electron chi connectivity index (χ1n) is 11.2. The summed E-state index contributed by atoms with van der Waals surface area (Å²) in [6, 6.07) is 14.5. The van der Waals surface area contributed by atoms with Crippen molar-refractivity contribution in [3.05, 3.63) is 59.7 Å². The Hall–Kier alpha value is -3.53. The Kier molecular flexibility index (Phi) is 7.02. The Morgan fingerprint density at radius 3 is 2.29 bits per heavy atom. The molecule has 8 nitrogen and oxygen atoms in total. The SMILES string of the molecule is COCC(NC(=O)OCC1c2ccccc2-c2ccccc21)C(=O)N1CCC(F)(F)C(C(=O)O)C1. The zero-order chi connectivity index (χ0) is 25.2. The number of carbonyl (C=O) groups is 3. The normalized spacial score (nSPS) is 19.4. The van der Waals surface area contributed by atoms with E-state index in [1.807, 2.05) is 48.5 Å². The Balaban J connectivity index is 1.41. The number of alkyl halides is 2. The number of halogens is 2. The topological polar surface area (TPSA) is 105 Å². The van der Waals surface area contributed by atoms with E-state index in [1.165, 1.54) is 7.11 Å². The molecule has 0 saturated carbocycles. The molecule has 4 rings (SSSR count). The van der Waals surface area contributed by atoms with E-state index in [1.54, 1.807) is 0 Å². The number of nitrogens with one attached hydrogen (secondary N) is 1. The van der Waals surface area contributed by atoms with Crippen LogP contribution in [0.25, 0.3) is 11.1 Å². The van der Waals surface area contributed by atoms with Crippen molar-refractivity contribution >= 4 is 18.0 Å². The molecule has 2 aromatic rings. The number of piperidine rings is 1. The Bertz CT molecular complexity index is 1080. The van der Waals surface area contributed by atoms with Crippen LogP contribution in [0, 0.1) is 5.92 Å². The van der Waals surface area contributed by atoms with Crippen molar-refractivity contribution in [1.29, 1.82) is 0 Å². The van der Waals surface area contributed by atoms with Gasteiger partial charge >= 0.3 is 12.1 Å². The summed E-state index contributed by atoms with van der Waals surface area (Å²) in [6.07, 6.45) is -1.64.